The Morgan fingerprint density at radius 1 is 1.43 bits per heavy atom. The van der Waals surface area contributed by atoms with Gasteiger partial charge in [-0.25, -0.2) is 4.57 Å². The summed E-state index contributed by atoms with van der Waals surface area (Å²) in [7, 11) is -4.13. The van der Waals surface area contributed by atoms with Gasteiger partial charge in [-0.05, 0) is 0 Å². The Morgan fingerprint density at radius 3 is 2.43 bits per heavy atom. The summed E-state index contributed by atoms with van der Waals surface area (Å²) in [5.74, 6) is 0. The topological polar surface area (TPSA) is 154 Å². The second kappa shape index (κ2) is 8.27. The van der Waals surface area contributed by atoms with Crippen molar-refractivity contribution in [1.29, 1.82) is 0 Å². The minimum absolute atomic E-state index is 0. The fourth-order valence-corrected chi connectivity index (χ4v) is 1.21. The number of phosphoric ester groups is 1. The van der Waals surface area contributed by atoms with Gasteiger partial charge in [0.2, 0.25) is 0 Å². The van der Waals surface area contributed by atoms with Gasteiger partial charge in [0, 0.05) is 6.54 Å². The van der Waals surface area contributed by atoms with Crippen LogP contribution in [0.1, 0.15) is 0 Å². The normalized spacial score (nSPS) is 16.9. The summed E-state index contributed by atoms with van der Waals surface area (Å²) < 4.78 is 19.5. The number of hydrogen-bond acceptors (Lipinski definition) is 6. The van der Waals surface area contributed by atoms with E-state index in [1.54, 1.807) is 0 Å². The molecule has 0 fully saturated rings. The van der Waals surface area contributed by atoms with Gasteiger partial charge in [0.15, 0.2) is 0 Å². The molecule has 1 unspecified atom stereocenters. The number of rotatable bonds is 7. The van der Waals surface area contributed by atoms with Crippen molar-refractivity contribution in [3.63, 3.8) is 0 Å². The Balaban J connectivity index is 0. The number of nitrogens with two attached hydrogens (primary N) is 1. The summed E-state index contributed by atoms with van der Waals surface area (Å²) in [5.41, 5.74) is 5.02. The van der Waals surface area contributed by atoms with E-state index in [4.69, 9.17) is 20.8 Å². The predicted molar refractivity (Wildman–Crippen MR) is 47.5 cm³/mol. The van der Waals surface area contributed by atoms with E-state index in [1.165, 1.54) is 0 Å². The number of aliphatic hydroxyl groups excluding tert-OH is 2. The molecule has 0 amide bonds. The predicted octanol–water partition coefficient (Wildman–Crippen LogP) is -2.39. The van der Waals surface area contributed by atoms with Gasteiger partial charge in [-0.3, -0.25) is 9.05 Å². The molecule has 0 aliphatic heterocycles. The molecule has 88 valence electrons. The smallest absolute Gasteiger partial charge is 0.412 e. The molecule has 0 radical (unpaired) electrons. The molecular weight excluding hydrogens is 217 g/mol. The Kier molecular flexibility index (Phi) is 9.68. The average Bonchev–Trinajstić information content (AvgIpc) is 2.11. The van der Waals surface area contributed by atoms with Gasteiger partial charge in [-0.1, -0.05) is 0 Å². The standard InChI is InChI=1S/C5H14NO6P.H2O/c6-1-2-11-13(9,10)12-4-5(8)3-7;/h5,7-8H,1-4,6H2,(H,9,10);1H2/t5-;/m0./s1. The van der Waals surface area contributed by atoms with Gasteiger partial charge in [-0.15, -0.1) is 0 Å². The fourth-order valence-electron chi connectivity index (χ4n) is 0.438. The highest BCUT2D eigenvalue weighted by atomic mass is 31.2. The third-order valence-electron chi connectivity index (χ3n) is 1.01. The van der Waals surface area contributed by atoms with Crippen molar-refractivity contribution in [2.75, 3.05) is 26.4 Å². The Hall–Kier alpha value is -0.0500. The number of aliphatic hydroxyl groups is 2. The molecule has 0 spiro atoms. The summed E-state index contributed by atoms with van der Waals surface area (Å²) in [6, 6.07) is 0. The van der Waals surface area contributed by atoms with Crippen molar-refractivity contribution >= 4 is 7.82 Å². The zero-order valence-corrected chi connectivity index (χ0v) is 8.39. The molecule has 0 aromatic rings. The molecule has 14 heavy (non-hydrogen) atoms. The van der Waals surface area contributed by atoms with Gasteiger partial charge in [0.25, 0.3) is 0 Å². The lowest BCUT2D eigenvalue weighted by atomic mass is 10.4. The van der Waals surface area contributed by atoms with Gasteiger partial charge in [-0.2, -0.15) is 0 Å². The Labute approximate surface area is 81.2 Å². The third-order valence-corrected chi connectivity index (χ3v) is 2.00. The molecule has 0 aromatic heterocycles. The van der Waals surface area contributed by atoms with Crippen LogP contribution in [0.15, 0.2) is 0 Å². The molecular formula is C5H16NO7P. The maximum Gasteiger partial charge on any atom is 0.472 e. The molecule has 0 saturated heterocycles. The van der Waals surface area contributed by atoms with Gasteiger partial charge in [0.1, 0.15) is 6.10 Å². The Morgan fingerprint density at radius 2 is 2.00 bits per heavy atom. The van der Waals surface area contributed by atoms with Crippen LogP contribution >= 0.6 is 7.82 Å². The molecule has 2 atom stereocenters. The first-order valence-corrected chi connectivity index (χ1v) is 5.12. The maximum atomic E-state index is 10.9. The van der Waals surface area contributed by atoms with E-state index in [2.05, 4.69) is 9.05 Å². The van der Waals surface area contributed by atoms with Crippen LogP contribution < -0.4 is 5.73 Å². The van der Waals surface area contributed by atoms with Crippen LogP contribution in [0.3, 0.4) is 0 Å². The molecule has 0 heterocycles. The SMILES string of the molecule is NCCOP(=O)(O)OC[C@@H](O)CO.O. The first kappa shape index (κ1) is 16.4. The van der Waals surface area contributed by atoms with Crippen molar-refractivity contribution in [3.8, 4) is 0 Å². The molecule has 0 aromatic carbocycles. The summed E-state index contributed by atoms with van der Waals surface area (Å²) >= 11 is 0. The molecule has 8 nitrogen and oxygen atoms in total. The van der Waals surface area contributed by atoms with Crippen LogP contribution in [-0.4, -0.2) is 53.1 Å². The summed E-state index contributed by atoms with van der Waals surface area (Å²) in [6.07, 6.45) is -1.19. The monoisotopic (exact) mass is 233 g/mol. The second-order valence-corrected chi connectivity index (χ2v) is 3.68. The highest BCUT2D eigenvalue weighted by Crippen LogP contribution is 2.42. The summed E-state index contributed by atoms with van der Waals surface area (Å²) in [4.78, 5) is 8.85. The summed E-state index contributed by atoms with van der Waals surface area (Å²) in [6.45, 7) is -1.02. The van der Waals surface area contributed by atoms with Crippen molar-refractivity contribution in [2.24, 2.45) is 5.73 Å². The van der Waals surface area contributed by atoms with Gasteiger partial charge < -0.3 is 26.3 Å². The minimum Gasteiger partial charge on any atom is -0.412 e. The van der Waals surface area contributed by atoms with E-state index in [0.29, 0.717) is 0 Å². The van der Waals surface area contributed by atoms with Crippen molar-refractivity contribution < 1.29 is 34.2 Å². The number of phosphoric acid groups is 1. The van der Waals surface area contributed by atoms with E-state index in [1.807, 2.05) is 0 Å². The zero-order valence-electron chi connectivity index (χ0n) is 7.50. The van der Waals surface area contributed by atoms with Crippen LogP contribution in [0.2, 0.25) is 0 Å². The van der Waals surface area contributed by atoms with Crippen LogP contribution in [0, 0.1) is 0 Å². The molecule has 0 aliphatic rings. The van der Waals surface area contributed by atoms with E-state index >= 15 is 0 Å². The van der Waals surface area contributed by atoms with Crippen LogP contribution in [0.4, 0.5) is 0 Å². The molecule has 7 N–H and O–H groups in total. The molecule has 0 aliphatic carbocycles. The van der Waals surface area contributed by atoms with Crippen molar-refractivity contribution in [1.82, 2.24) is 0 Å². The highest BCUT2D eigenvalue weighted by Gasteiger charge is 2.21. The first-order valence-electron chi connectivity index (χ1n) is 3.62. The van der Waals surface area contributed by atoms with Crippen molar-refractivity contribution in [3.05, 3.63) is 0 Å². The highest BCUT2D eigenvalue weighted by molar-refractivity contribution is 7.47. The zero-order chi connectivity index (χ0) is 10.3. The Bertz CT molecular complexity index is 177. The number of hydrogen-bond donors (Lipinski definition) is 4. The van der Waals surface area contributed by atoms with Crippen molar-refractivity contribution in [2.45, 2.75) is 6.10 Å². The third kappa shape index (κ3) is 8.54. The lowest BCUT2D eigenvalue weighted by molar-refractivity contribution is 0.0367. The van der Waals surface area contributed by atoms with Gasteiger partial charge >= 0.3 is 7.82 Å². The molecule has 0 bridgehead atoms. The molecule has 0 saturated carbocycles. The van der Waals surface area contributed by atoms with E-state index in [0.717, 1.165) is 0 Å². The largest absolute Gasteiger partial charge is 0.472 e. The van der Waals surface area contributed by atoms with E-state index in [9.17, 15) is 4.57 Å². The minimum atomic E-state index is -4.13. The maximum absolute atomic E-state index is 10.9. The molecule has 0 rings (SSSR count). The van der Waals surface area contributed by atoms with Crippen LogP contribution in [0.25, 0.3) is 0 Å². The fraction of sp³-hybridized carbons (Fsp3) is 1.00. The first-order chi connectivity index (χ1) is 6.02. The van der Waals surface area contributed by atoms with Gasteiger partial charge in [0.05, 0.1) is 19.8 Å². The quantitative estimate of drug-likeness (QED) is 0.357. The van der Waals surface area contributed by atoms with Crippen LogP contribution in [0.5, 0.6) is 0 Å². The van der Waals surface area contributed by atoms with Crippen LogP contribution in [-0.2, 0) is 13.6 Å². The van der Waals surface area contributed by atoms with E-state index in [-0.39, 0.29) is 18.6 Å². The van der Waals surface area contributed by atoms with E-state index < -0.39 is 27.1 Å². The lowest BCUT2D eigenvalue weighted by Gasteiger charge is -2.13. The summed E-state index contributed by atoms with van der Waals surface area (Å²) in [5, 5.41) is 17.1. The lowest BCUT2D eigenvalue weighted by Crippen LogP contribution is -2.19. The average molecular weight is 233 g/mol. The second-order valence-electron chi connectivity index (χ2n) is 2.22. The molecule has 9 heteroatoms.